The Kier molecular flexibility index (Phi) is 5.61. The van der Waals surface area contributed by atoms with Crippen molar-refractivity contribution in [1.82, 2.24) is 5.32 Å². The lowest BCUT2D eigenvalue weighted by Gasteiger charge is -2.16. The average Bonchev–Trinajstić information content (AvgIpc) is 2.65. The first kappa shape index (κ1) is 13.0. The van der Waals surface area contributed by atoms with Crippen LogP contribution in [0.5, 0.6) is 0 Å². The van der Waals surface area contributed by atoms with Crippen molar-refractivity contribution in [1.29, 1.82) is 0 Å². The zero-order valence-electron chi connectivity index (χ0n) is 9.42. The lowest BCUT2D eigenvalue weighted by atomic mass is 10.1. The van der Waals surface area contributed by atoms with Crippen molar-refractivity contribution in [2.75, 3.05) is 14.2 Å². The number of hydrogen-bond donors (Lipinski definition) is 1. The van der Waals surface area contributed by atoms with Gasteiger partial charge in [0.1, 0.15) is 0 Å². The van der Waals surface area contributed by atoms with Crippen molar-refractivity contribution in [2.45, 2.75) is 31.9 Å². The van der Waals surface area contributed by atoms with E-state index in [2.05, 4.69) is 18.3 Å². The second-order valence-electron chi connectivity index (χ2n) is 3.61. The molecule has 0 radical (unpaired) electrons. The van der Waals surface area contributed by atoms with Crippen LogP contribution in [0.15, 0.2) is 12.1 Å². The molecule has 1 heterocycles. The summed E-state index contributed by atoms with van der Waals surface area (Å²) in [5.74, 6) is 0. The molecule has 0 fully saturated rings. The average molecular weight is 248 g/mol. The fourth-order valence-corrected chi connectivity index (χ4v) is 2.67. The standard InChI is InChI=1S/C11H18ClNOS/c1-8(14-3)4-5-9(13-2)10-6-7-11(12)15-10/h6-9,13H,4-5H2,1-3H3. The first-order valence-electron chi connectivity index (χ1n) is 5.12. The monoisotopic (exact) mass is 247 g/mol. The molecule has 0 aliphatic rings. The summed E-state index contributed by atoms with van der Waals surface area (Å²) >= 11 is 7.56. The third kappa shape index (κ3) is 4.11. The third-order valence-electron chi connectivity index (χ3n) is 2.55. The van der Waals surface area contributed by atoms with E-state index in [1.54, 1.807) is 18.4 Å². The van der Waals surface area contributed by atoms with Gasteiger partial charge >= 0.3 is 0 Å². The van der Waals surface area contributed by atoms with E-state index in [9.17, 15) is 0 Å². The second-order valence-corrected chi connectivity index (χ2v) is 5.35. The Bertz CT molecular complexity index is 290. The highest BCUT2D eigenvalue weighted by molar-refractivity contribution is 7.16. The lowest BCUT2D eigenvalue weighted by Crippen LogP contribution is -2.17. The quantitative estimate of drug-likeness (QED) is 0.831. The Balaban J connectivity index is 2.49. The predicted molar refractivity (Wildman–Crippen MR) is 66.8 cm³/mol. The number of rotatable bonds is 6. The Morgan fingerprint density at radius 1 is 1.47 bits per heavy atom. The van der Waals surface area contributed by atoms with E-state index in [4.69, 9.17) is 16.3 Å². The van der Waals surface area contributed by atoms with Gasteiger partial charge in [-0.2, -0.15) is 0 Å². The highest BCUT2D eigenvalue weighted by Crippen LogP contribution is 2.29. The van der Waals surface area contributed by atoms with Crippen LogP contribution in [0.2, 0.25) is 4.34 Å². The van der Waals surface area contributed by atoms with Gasteiger partial charge in [-0.15, -0.1) is 11.3 Å². The highest BCUT2D eigenvalue weighted by Gasteiger charge is 2.12. The smallest absolute Gasteiger partial charge is 0.0931 e. The summed E-state index contributed by atoms with van der Waals surface area (Å²) in [7, 11) is 3.73. The molecular formula is C11H18ClNOS. The molecule has 2 unspecified atom stereocenters. The minimum Gasteiger partial charge on any atom is -0.382 e. The molecule has 1 rings (SSSR count). The highest BCUT2D eigenvalue weighted by atomic mass is 35.5. The van der Waals surface area contributed by atoms with Gasteiger partial charge < -0.3 is 10.1 Å². The SMILES string of the molecule is CNC(CCC(C)OC)c1ccc(Cl)s1. The van der Waals surface area contributed by atoms with Crippen LogP contribution in [0.4, 0.5) is 0 Å². The van der Waals surface area contributed by atoms with Crippen molar-refractivity contribution in [3.8, 4) is 0 Å². The molecular weight excluding hydrogens is 230 g/mol. The molecule has 1 N–H and O–H groups in total. The van der Waals surface area contributed by atoms with Gasteiger partial charge in [0, 0.05) is 18.0 Å². The molecule has 0 saturated carbocycles. The summed E-state index contributed by atoms with van der Waals surface area (Å²) in [6.07, 6.45) is 2.44. The van der Waals surface area contributed by atoms with E-state index in [1.807, 2.05) is 13.1 Å². The summed E-state index contributed by atoms with van der Waals surface area (Å²) in [4.78, 5) is 1.30. The molecule has 2 atom stereocenters. The first-order valence-corrected chi connectivity index (χ1v) is 6.32. The molecule has 0 amide bonds. The lowest BCUT2D eigenvalue weighted by molar-refractivity contribution is 0.106. The van der Waals surface area contributed by atoms with Gasteiger partial charge in [-0.25, -0.2) is 0 Å². The largest absolute Gasteiger partial charge is 0.382 e. The van der Waals surface area contributed by atoms with Crippen LogP contribution in [0.25, 0.3) is 0 Å². The number of thiophene rings is 1. The normalized spacial score (nSPS) is 15.2. The van der Waals surface area contributed by atoms with Crippen LogP contribution in [0.3, 0.4) is 0 Å². The zero-order chi connectivity index (χ0) is 11.3. The van der Waals surface area contributed by atoms with Crippen LogP contribution in [0.1, 0.15) is 30.7 Å². The Morgan fingerprint density at radius 2 is 2.20 bits per heavy atom. The molecule has 0 aliphatic heterocycles. The molecule has 1 aromatic heterocycles. The number of halogens is 1. The van der Waals surface area contributed by atoms with Crippen LogP contribution in [-0.2, 0) is 4.74 Å². The van der Waals surface area contributed by atoms with E-state index in [0.717, 1.165) is 17.2 Å². The van der Waals surface area contributed by atoms with Crippen LogP contribution in [0, 0.1) is 0 Å². The fourth-order valence-electron chi connectivity index (χ4n) is 1.46. The fraction of sp³-hybridized carbons (Fsp3) is 0.636. The second kappa shape index (κ2) is 6.48. The minimum atomic E-state index is 0.316. The minimum absolute atomic E-state index is 0.316. The molecule has 86 valence electrons. The Labute approximate surface area is 101 Å². The number of hydrogen-bond acceptors (Lipinski definition) is 3. The van der Waals surface area contributed by atoms with E-state index in [1.165, 1.54) is 4.88 Å². The molecule has 2 nitrogen and oxygen atoms in total. The van der Waals surface area contributed by atoms with Crippen molar-refractivity contribution in [3.05, 3.63) is 21.3 Å². The number of methoxy groups -OCH3 is 1. The summed E-state index contributed by atoms with van der Waals surface area (Å²) in [6.45, 7) is 2.09. The van der Waals surface area contributed by atoms with Crippen LogP contribution >= 0.6 is 22.9 Å². The Hall–Kier alpha value is -0.0900. The molecule has 1 aromatic rings. The molecule has 0 aromatic carbocycles. The van der Waals surface area contributed by atoms with Crippen molar-refractivity contribution >= 4 is 22.9 Å². The van der Waals surface area contributed by atoms with Crippen molar-refractivity contribution in [3.63, 3.8) is 0 Å². The molecule has 4 heteroatoms. The topological polar surface area (TPSA) is 21.3 Å². The van der Waals surface area contributed by atoms with Gasteiger partial charge in [-0.3, -0.25) is 0 Å². The van der Waals surface area contributed by atoms with E-state index in [0.29, 0.717) is 12.1 Å². The van der Waals surface area contributed by atoms with Gasteiger partial charge in [0.25, 0.3) is 0 Å². The Morgan fingerprint density at radius 3 is 2.67 bits per heavy atom. The third-order valence-corrected chi connectivity index (χ3v) is 3.89. The van der Waals surface area contributed by atoms with Crippen LogP contribution < -0.4 is 5.32 Å². The van der Waals surface area contributed by atoms with Gasteiger partial charge in [0.15, 0.2) is 0 Å². The van der Waals surface area contributed by atoms with Gasteiger partial charge in [0.05, 0.1) is 10.4 Å². The van der Waals surface area contributed by atoms with Gasteiger partial charge in [-0.1, -0.05) is 11.6 Å². The molecule has 0 saturated heterocycles. The summed E-state index contributed by atoms with van der Waals surface area (Å²) < 4.78 is 6.09. The molecule has 15 heavy (non-hydrogen) atoms. The van der Waals surface area contributed by atoms with E-state index in [-0.39, 0.29) is 0 Å². The predicted octanol–water partition coefficient (Wildman–Crippen LogP) is 3.48. The molecule has 0 bridgehead atoms. The van der Waals surface area contributed by atoms with Crippen molar-refractivity contribution in [2.24, 2.45) is 0 Å². The van der Waals surface area contributed by atoms with E-state index >= 15 is 0 Å². The maximum Gasteiger partial charge on any atom is 0.0931 e. The van der Waals surface area contributed by atoms with Crippen LogP contribution in [-0.4, -0.2) is 20.3 Å². The van der Waals surface area contributed by atoms with E-state index < -0.39 is 0 Å². The molecule has 0 aliphatic carbocycles. The maximum absolute atomic E-state index is 5.92. The summed E-state index contributed by atoms with van der Waals surface area (Å²) in [5, 5.41) is 3.31. The van der Waals surface area contributed by atoms with Gasteiger partial charge in [-0.05, 0) is 38.9 Å². The number of nitrogens with one attached hydrogen (secondary N) is 1. The van der Waals surface area contributed by atoms with Crippen molar-refractivity contribution < 1.29 is 4.74 Å². The first-order chi connectivity index (χ1) is 7.17. The summed E-state index contributed by atoms with van der Waals surface area (Å²) in [5.41, 5.74) is 0. The number of ether oxygens (including phenoxy) is 1. The van der Waals surface area contributed by atoms with Gasteiger partial charge in [0.2, 0.25) is 0 Å². The summed E-state index contributed by atoms with van der Waals surface area (Å²) in [6, 6.07) is 4.43. The maximum atomic E-state index is 5.92. The zero-order valence-corrected chi connectivity index (χ0v) is 11.0. The molecule has 0 spiro atoms.